The molecule has 3 N–H and O–H groups in total. The highest BCUT2D eigenvalue weighted by molar-refractivity contribution is 9.10. The Morgan fingerprint density at radius 1 is 1.45 bits per heavy atom. The van der Waals surface area contributed by atoms with E-state index in [9.17, 15) is 4.79 Å². The SMILES string of the molecule is CC(COc1ccc(Br)cc1CNC(C)(C)C)C(N)=O. The predicted octanol–water partition coefficient (Wildman–Crippen LogP) is 2.84. The first kappa shape index (κ1) is 17.0. The largest absolute Gasteiger partial charge is 0.492 e. The van der Waals surface area contributed by atoms with Crippen LogP contribution in [0.4, 0.5) is 0 Å². The predicted molar refractivity (Wildman–Crippen MR) is 84.6 cm³/mol. The van der Waals surface area contributed by atoms with Crippen molar-refractivity contribution in [2.45, 2.75) is 39.8 Å². The van der Waals surface area contributed by atoms with Crippen LogP contribution < -0.4 is 15.8 Å². The van der Waals surface area contributed by atoms with Crippen LogP contribution in [0.15, 0.2) is 22.7 Å². The molecule has 0 aromatic heterocycles. The molecule has 0 aliphatic rings. The molecule has 0 spiro atoms. The summed E-state index contributed by atoms with van der Waals surface area (Å²) in [6.45, 7) is 9.08. The molecule has 4 nitrogen and oxygen atoms in total. The van der Waals surface area contributed by atoms with Gasteiger partial charge in [-0.15, -0.1) is 0 Å². The molecule has 0 saturated carbocycles. The zero-order chi connectivity index (χ0) is 15.3. The maximum atomic E-state index is 11.0. The fourth-order valence-electron chi connectivity index (χ4n) is 1.48. The van der Waals surface area contributed by atoms with Crippen LogP contribution in [0.3, 0.4) is 0 Å². The second-order valence-corrected chi connectivity index (χ2v) is 6.89. The van der Waals surface area contributed by atoms with Crippen LogP contribution >= 0.6 is 15.9 Å². The summed E-state index contributed by atoms with van der Waals surface area (Å²) >= 11 is 3.46. The maximum absolute atomic E-state index is 11.0. The van der Waals surface area contributed by atoms with E-state index in [0.717, 1.165) is 15.8 Å². The molecule has 0 fully saturated rings. The molecule has 5 heteroatoms. The van der Waals surface area contributed by atoms with E-state index in [2.05, 4.69) is 42.0 Å². The maximum Gasteiger partial charge on any atom is 0.223 e. The number of ether oxygens (including phenoxy) is 1. The third kappa shape index (κ3) is 5.92. The van der Waals surface area contributed by atoms with E-state index < -0.39 is 0 Å². The number of hydrogen-bond donors (Lipinski definition) is 2. The minimum absolute atomic E-state index is 0.0279. The van der Waals surface area contributed by atoms with Crippen molar-refractivity contribution >= 4 is 21.8 Å². The summed E-state index contributed by atoms with van der Waals surface area (Å²) in [5, 5.41) is 3.42. The molecule has 0 radical (unpaired) electrons. The van der Waals surface area contributed by atoms with E-state index in [0.29, 0.717) is 13.2 Å². The summed E-state index contributed by atoms with van der Waals surface area (Å²) in [6, 6.07) is 5.84. The van der Waals surface area contributed by atoms with E-state index in [4.69, 9.17) is 10.5 Å². The Morgan fingerprint density at radius 3 is 2.65 bits per heavy atom. The Morgan fingerprint density at radius 2 is 2.10 bits per heavy atom. The first-order valence-corrected chi connectivity index (χ1v) is 7.44. The molecule has 0 aliphatic carbocycles. The number of benzene rings is 1. The highest BCUT2D eigenvalue weighted by Crippen LogP contribution is 2.24. The van der Waals surface area contributed by atoms with Crippen molar-refractivity contribution in [3.05, 3.63) is 28.2 Å². The Kier molecular flexibility index (Phi) is 6.02. The van der Waals surface area contributed by atoms with Gasteiger partial charge in [0.25, 0.3) is 0 Å². The Bertz CT molecular complexity index is 469. The smallest absolute Gasteiger partial charge is 0.223 e. The summed E-state index contributed by atoms with van der Waals surface area (Å²) in [6.07, 6.45) is 0. The lowest BCUT2D eigenvalue weighted by Crippen LogP contribution is -2.35. The molecule has 112 valence electrons. The molecule has 1 rings (SSSR count). The van der Waals surface area contributed by atoms with Crippen LogP contribution in [0.25, 0.3) is 0 Å². The number of carbonyl (C=O) groups is 1. The van der Waals surface area contributed by atoms with Crippen LogP contribution in [-0.2, 0) is 11.3 Å². The average molecular weight is 343 g/mol. The van der Waals surface area contributed by atoms with Gasteiger partial charge in [0.15, 0.2) is 0 Å². The quantitative estimate of drug-likeness (QED) is 0.835. The highest BCUT2D eigenvalue weighted by atomic mass is 79.9. The molecule has 1 aromatic rings. The fraction of sp³-hybridized carbons (Fsp3) is 0.533. The van der Waals surface area contributed by atoms with Crippen LogP contribution in [0, 0.1) is 5.92 Å². The summed E-state index contributed by atoms with van der Waals surface area (Å²) in [7, 11) is 0. The topological polar surface area (TPSA) is 64.3 Å². The number of hydrogen-bond acceptors (Lipinski definition) is 3. The molecule has 0 saturated heterocycles. The molecule has 0 heterocycles. The van der Waals surface area contributed by atoms with Gasteiger partial charge in [0, 0.05) is 22.1 Å². The Balaban J connectivity index is 2.77. The van der Waals surface area contributed by atoms with Crippen LogP contribution in [0.2, 0.25) is 0 Å². The summed E-state index contributed by atoms with van der Waals surface area (Å²) in [4.78, 5) is 11.0. The molecule has 0 aliphatic heterocycles. The summed E-state index contributed by atoms with van der Waals surface area (Å²) in [5.41, 5.74) is 6.31. The van der Waals surface area contributed by atoms with Crippen molar-refractivity contribution in [1.29, 1.82) is 0 Å². The van der Waals surface area contributed by atoms with Gasteiger partial charge in [-0.3, -0.25) is 4.79 Å². The number of rotatable bonds is 6. The zero-order valence-electron chi connectivity index (χ0n) is 12.5. The highest BCUT2D eigenvalue weighted by Gasteiger charge is 2.14. The van der Waals surface area contributed by atoms with Gasteiger partial charge in [-0.2, -0.15) is 0 Å². The molecular weight excluding hydrogens is 320 g/mol. The van der Waals surface area contributed by atoms with Crippen LogP contribution in [0.5, 0.6) is 5.75 Å². The third-order valence-electron chi connectivity index (χ3n) is 2.81. The number of halogens is 1. The number of amides is 1. The van der Waals surface area contributed by atoms with Crippen molar-refractivity contribution in [3.8, 4) is 5.75 Å². The number of carbonyl (C=O) groups excluding carboxylic acids is 1. The van der Waals surface area contributed by atoms with Gasteiger partial charge in [0.05, 0.1) is 12.5 Å². The lowest BCUT2D eigenvalue weighted by molar-refractivity contribution is -0.122. The van der Waals surface area contributed by atoms with Gasteiger partial charge in [-0.1, -0.05) is 22.9 Å². The van der Waals surface area contributed by atoms with Gasteiger partial charge < -0.3 is 15.8 Å². The third-order valence-corrected chi connectivity index (χ3v) is 3.30. The van der Waals surface area contributed by atoms with E-state index in [1.54, 1.807) is 6.92 Å². The second kappa shape index (κ2) is 7.09. The van der Waals surface area contributed by atoms with E-state index >= 15 is 0 Å². The van der Waals surface area contributed by atoms with Crippen molar-refractivity contribution in [1.82, 2.24) is 5.32 Å². The summed E-state index contributed by atoms with van der Waals surface area (Å²) in [5.74, 6) is 0.122. The summed E-state index contributed by atoms with van der Waals surface area (Å²) < 4.78 is 6.72. The van der Waals surface area contributed by atoms with Gasteiger partial charge in [-0.25, -0.2) is 0 Å². The van der Waals surface area contributed by atoms with Crippen LogP contribution in [-0.4, -0.2) is 18.1 Å². The lowest BCUT2D eigenvalue weighted by atomic mass is 10.1. The lowest BCUT2D eigenvalue weighted by Gasteiger charge is -2.22. The minimum Gasteiger partial charge on any atom is -0.492 e. The molecular formula is C15H23BrN2O2. The van der Waals surface area contributed by atoms with Gasteiger partial charge in [-0.05, 0) is 39.0 Å². The van der Waals surface area contributed by atoms with Gasteiger partial charge >= 0.3 is 0 Å². The zero-order valence-corrected chi connectivity index (χ0v) is 14.1. The Hall–Kier alpha value is -1.07. The normalized spacial score (nSPS) is 13.1. The average Bonchev–Trinajstić information content (AvgIpc) is 2.33. The monoisotopic (exact) mass is 342 g/mol. The van der Waals surface area contributed by atoms with Gasteiger partial charge in [0.1, 0.15) is 5.75 Å². The van der Waals surface area contributed by atoms with E-state index in [1.165, 1.54) is 0 Å². The number of nitrogens with one attached hydrogen (secondary N) is 1. The standard InChI is InChI=1S/C15H23BrN2O2/c1-10(14(17)19)9-20-13-6-5-12(16)7-11(13)8-18-15(2,3)4/h5-7,10,18H,8-9H2,1-4H3,(H2,17,19). The van der Waals surface area contributed by atoms with Crippen molar-refractivity contribution in [2.24, 2.45) is 11.7 Å². The molecule has 0 bridgehead atoms. The van der Waals surface area contributed by atoms with Crippen molar-refractivity contribution < 1.29 is 9.53 Å². The first-order chi connectivity index (χ1) is 9.19. The Labute approximate surface area is 129 Å². The van der Waals surface area contributed by atoms with Crippen molar-refractivity contribution in [3.63, 3.8) is 0 Å². The molecule has 1 amide bonds. The molecule has 1 aromatic carbocycles. The fourth-order valence-corrected chi connectivity index (χ4v) is 1.89. The van der Waals surface area contributed by atoms with Crippen LogP contribution in [0.1, 0.15) is 33.3 Å². The van der Waals surface area contributed by atoms with Gasteiger partial charge in [0.2, 0.25) is 5.91 Å². The van der Waals surface area contributed by atoms with E-state index in [-0.39, 0.29) is 17.4 Å². The molecule has 20 heavy (non-hydrogen) atoms. The minimum atomic E-state index is -0.350. The molecule has 1 unspecified atom stereocenters. The first-order valence-electron chi connectivity index (χ1n) is 6.64. The molecule has 1 atom stereocenters. The van der Waals surface area contributed by atoms with E-state index in [1.807, 2.05) is 18.2 Å². The second-order valence-electron chi connectivity index (χ2n) is 5.97. The number of primary amides is 1. The number of nitrogens with two attached hydrogens (primary N) is 1. The van der Waals surface area contributed by atoms with Crippen molar-refractivity contribution in [2.75, 3.05) is 6.61 Å².